The maximum atomic E-state index is 13.5. The lowest BCUT2D eigenvalue weighted by molar-refractivity contribution is 0.465. The molecule has 0 radical (unpaired) electrons. The van der Waals surface area contributed by atoms with Crippen molar-refractivity contribution < 1.29 is 8.78 Å². The first-order valence-electron chi connectivity index (χ1n) is 5.21. The molecule has 86 valence electrons. The lowest BCUT2D eigenvalue weighted by atomic mass is 10.0. The van der Waals surface area contributed by atoms with Crippen molar-refractivity contribution in [2.24, 2.45) is 0 Å². The van der Waals surface area contributed by atoms with E-state index in [1.165, 1.54) is 6.07 Å². The number of halogens is 2. The molecule has 0 spiro atoms. The fourth-order valence-electron chi connectivity index (χ4n) is 1.59. The smallest absolute Gasteiger partial charge is 0.163 e. The highest BCUT2D eigenvalue weighted by molar-refractivity contribution is 5.22. The van der Waals surface area contributed by atoms with E-state index in [-0.39, 0.29) is 6.04 Å². The molecule has 1 aromatic rings. The normalized spacial score (nSPS) is 11.8. The summed E-state index contributed by atoms with van der Waals surface area (Å²) in [4.78, 5) is 0. The van der Waals surface area contributed by atoms with E-state index in [4.69, 9.17) is 0 Å². The molecule has 1 nitrogen and oxygen atoms in total. The first-order valence-corrected chi connectivity index (χ1v) is 5.21. The van der Waals surface area contributed by atoms with E-state index < -0.39 is 11.6 Å². The van der Waals surface area contributed by atoms with E-state index in [2.05, 4.69) is 17.2 Å². The standard InChI is InChI=1S/C13H15F2N/c1-3-4-5-9-12(16-2)10-7-6-8-11(14)13(10)15/h6-8,12,16H,5,9H2,1-2H3. The maximum Gasteiger partial charge on any atom is 0.163 e. The molecule has 0 aliphatic heterocycles. The van der Waals surface area contributed by atoms with E-state index in [9.17, 15) is 8.78 Å². The van der Waals surface area contributed by atoms with Gasteiger partial charge in [-0.2, -0.15) is 0 Å². The number of hydrogen-bond donors (Lipinski definition) is 1. The lowest BCUT2D eigenvalue weighted by Gasteiger charge is -2.16. The topological polar surface area (TPSA) is 12.0 Å². The van der Waals surface area contributed by atoms with Crippen molar-refractivity contribution in [3.63, 3.8) is 0 Å². The molecule has 0 fully saturated rings. The molecule has 1 rings (SSSR count). The van der Waals surface area contributed by atoms with E-state index >= 15 is 0 Å². The summed E-state index contributed by atoms with van der Waals surface area (Å²) in [6, 6.07) is 4.04. The minimum atomic E-state index is -0.806. The van der Waals surface area contributed by atoms with Crippen molar-refractivity contribution >= 4 is 0 Å². The van der Waals surface area contributed by atoms with Crippen LogP contribution in [0.5, 0.6) is 0 Å². The first kappa shape index (κ1) is 12.7. The fourth-order valence-corrected chi connectivity index (χ4v) is 1.59. The minimum Gasteiger partial charge on any atom is -0.313 e. The average Bonchev–Trinajstić information content (AvgIpc) is 2.29. The van der Waals surface area contributed by atoms with Crippen LogP contribution in [0.3, 0.4) is 0 Å². The van der Waals surface area contributed by atoms with Gasteiger partial charge in [-0.15, -0.1) is 11.8 Å². The molecule has 1 N–H and O–H groups in total. The SMILES string of the molecule is CC#CCCC(NC)c1cccc(F)c1F. The summed E-state index contributed by atoms with van der Waals surface area (Å²) >= 11 is 0. The molecular weight excluding hydrogens is 208 g/mol. The Balaban J connectivity index is 2.85. The van der Waals surface area contributed by atoms with Crippen LogP contribution in [0, 0.1) is 23.5 Å². The second-order valence-corrected chi connectivity index (χ2v) is 3.45. The Bertz CT molecular complexity index is 404. The molecule has 0 saturated carbocycles. The Morgan fingerprint density at radius 2 is 2.12 bits per heavy atom. The van der Waals surface area contributed by atoms with Crippen LogP contribution in [0.2, 0.25) is 0 Å². The van der Waals surface area contributed by atoms with Crippen molar-refractivity contribution in [3.8, 4) is 11.8 Å². The molecule has 0 aliphatic rings. The third kappa shape index (κ3) is 3.04. The third-order valence-corrected chi connectivity index (χ3v) is 2.44. The minimum absolute atomic E-state index is 0.198. The average molecular weight is 223 g/mol. The van der Waals surface area contributed by atoms with E-state index in [1.54, 1.807) is 20.0 Å². The largest absolute Gasteiger partial charge is 0.313 e. The van der Waals surface area contributed by atoms with Gasteiger partial charge in [-0.1, -0.05) is 12.1 Å². The van der Waals surface area contributed by atoms with E-state index in [0.29, 0.717) is 18.4 Å². The molecule has 3 heteroatoms. The highest BCUT2D eigenvalue weighted by Gasteiger charge is 2.15. The van der Waals surface area contributed by atoms with Gasteiger partial charge in [-0.3, -0.25) is 0 Å². The third-order valence-electron chi connectivity index (χ3n) is 2.44. The van der Waals surface area contributed by atoms with Crippen LogP contribution < -0.4 is 5.32 Å². The molecule has 1 unspecified atom stereocenters. The Hall–Kier alpha value is -1.40. The zero-order valence-corrected chi connectivity index (χ0v) is 9.48. The Morgan fingerprint density at radius 3 is 2.75 bits per heavy atom. The van der Waals surface area contributed by atoms with Crippen LogP contribution in [-0.2, 0) is 0 Å². The number of hydrogen-bond acceptors (Lipinski definition) is 1. The summed E-state index contributed by atoms with van der Waals surface area (Å²) in [6.07, 6.45) is 1.33. The monoisotopic (exact) mass is 223 g/mol. The first-order chi connectivity index (χ1) is 7.70. The summed E-state index contributed by atoms with van der Waals surface area (Å²) in [6.45, 7) is 1.76. The molecule has 16 heavy (non-hydrogen) atoms. The van der Waals surface area contributed by atoms with E-state index in [0.717, 1.165) is 6.07 Å². The molecular formula is C13H15F2N. The van der Waals surface area contributed by atoms with Crippen LogP contribution in [0.25, 0.3) is 0 Å². The number of benzene rings is 1. The Labute approximate surface area is 94.9 Å². The van der Waals surface area contributed by atoms with Gasteiger partial charge in [0.1, 0.15) is 0 Å². The van der Waals surface area contributed by atoms with Gasteiger partial charge in [-0.05, 0) is 26.5 Å². The predicted molar refractivity (Wildman–Crippen MR) is 60.8 cm³/mol. The number of rotatable bonds is 4. The maximum absolute atomic E-state index is 13.5. The summed E-state index contributed by atoms with van der Waals surface area (Å²) in [5.74, 6) is 4.11. The molecule has 0 amide bonds. The molecule has 0 bridgehead atoms. The zero-order chi connectivity index (χ0) is 12.0. The van der Waals surface area contributed by atoms with Crippen LogP contribution in [-0.4, -0.2) is 7.05 Å². The van der Waals surface area contributed by atoms with Crippen molar-refractivity contribution in [1.29, 1.82) is 0 Å². The van der Waals surface area contributed by atoms with Crippen molar-refractivity contribution in [2.75, 3.05) is 7.05 Å². The highest BCUT2D eigenvalue weighted by Crippen LogP contribution is 2.22. The number of nitrogens with one attached hydrogen (secondary N) is 1. The van der Waals surface area contributed by atoms with Gasteiger partial charge in [0.15, 0.2) is 11.6 Å². The summed E-state index contributed by atoms with van der Waals surface area (Å²) in [5.41, 5.74) is 0.361. The molecule has 0 saturated heterocycles. The second-order valence-electron chi connectivity index (χ2n) is 3.45. The van der Waals surface area contributed by atoms with Crippen molar-refractivity contribution in [3.05, 3.63) is 35.4 Å². The lowest BCUT2D eigenvalue weighted by Crippen LogP contribution is -2.18. The molecule has 1 atom stereocenters. The second kappa shape index (κ2) is 6.24. The fraction of sp³-hybridized carbons (Fsp3) is 0.385. The summed E-state index contributed by atoms with van der Waals surface area (Å²) in [5, 5.41) is 2.97. The van der Waals surface area contributed by atoms with Crippen LogP contribution in [0.15, 0.2) is 18.2 Å². The summed E-state index contributed by atoms with van der Waals surface area (Å²) < 4.78 is 26.5. The molecule has 0 heterocycles. The Morgan fingerprint density at radius 1 is 1.38 bits per heavy atom. The van der Waals surface area contributed by atoms with Crippen LogP contribution in [0.1, 0.15) is 31.4 Å². The van der Waals surface area contributed by atoms with Gasteiger partial charge in [0.05, 0.1) is 0 Å². The van der Waals surface area contributed by atoms with Crippen LogP contribution in [0.4, 0.5) is 8.78 Å². The highest BCUT2D eigenvalue weighted by atomic mass is 19.2. The predicted octanol–water partition coefficient (Wildman–Crippen LogP) is 3.03. The zero-order valence-electron chi connectivity index (χ0n) is 9.48. The van der Waals surface area contributed by atoms with Crippen molar-refractivity contribution in [1.82, 2.24) is 5.32 Å². The molecule has 1 aromatic carbocycles. The van der Waals surface area contributed by atoms with Gasteiger partial charge in [-0.25, -0.2) is 8.78 Å². The molecule has 0 aliphatic carbocycles. The quantitative estimate of drug-likeness (QED) is 0.774. The van der Waals surface area contributed by atoms with Crippen LogP contribution >= 0.6 is 0 Å². The van der Waals surface area contributed by atoms with Gasteiger partial charge in [0, 0.05) is 18.0 Å². The van der Waals surface area contributed by atoms with Gasteiger partial charge in [0.2, 0.25) is 0 Å². The van der Waals surface area contributed by atoms with Gasteiger partial charge >= 0.3 is 0 Å². The van der Waals surface area contributed by atoms with E-state index in [1.807, 2.05) is 0 Å². The summed E-state index contributed by atoms with van der Waals surface area (Å²) in [7, 11) is 1.73. The van der Waals surface area contributed by atoms with Crippen molar-refractivity contribution in [2.45, 2.75) is 25.8 Å². The van der Waals surface area contributed by atoms with Gasteiger partial charge in [0.25, 0.3) is 0 Å². The van der Waals surface area contributed by atoms with Gasteiger partial charge < -0.3 is 5.32 Å². The molecule has 0 aromatic heterocycles. The Kier molecular flexibility index (Phi) is 4.94.